The van der Waals surface area contributed by atoms with Gasteiger partial charge in [-0.2, -0.15) is 18.7 Å². The minimum Gasteiger partial charge on any atom is -0.390 e. The Labute approximate surface area is 92.3 Å². The molecular formula is C9H17F3N2O2. The summed E-state index contributed by atoms with van der Waals surface area (Å²) in [5.74, 6) is 0. The van der Waals surface area contributed by atoms with Crippen LogP contribution in [0.3, 0.4) is 0 Å². The van der Waals surface area contributed by atoms with Gasteiger partial charge < -0.3 is 10.0 Å². The van der Waals surface area contributed by atoms with Gasteiger partial charge in [0.1, 0.15) is 0 Å². The normalized spacial score (nSPS) is 20.2. The van der Waals surface area contributed by atoms with Gasteiger partial charge in [0.15, 0.2) is 6.61 Å². The number of aliphatic hydroxyl groups excluding tert-OH is 1. The number of nitrogens with zero attached hydrogens (tertiary/aromatic N) is 1. The van der Waals surface area contributed by atoms with Gasteiger partial charge in [-0.05, 0) is 25.9 Å². The molecule has 7 heteroatoms. The number of halogens is 3. The molecule has 1 rings (SSSR count). The van der Waals surface area contributed by atoms with E-state index in [0.717, 1.165) is 25.9 Å². The van der Waals surface area contributed by atoms with Crippen LogP contribution in [-0.4, -0.2) is 55.1 Å². The van der Waals surface area contributed by atoms with E-state index in [9.17, 15) is 18.3 Å². The molecule has 1 atom stereocenters. The molecule has 2 N–H and O–H groups in total. The fraction of sp³-hybridized carbons (Fsp3) is 1.00. The van der Waals surface area contributed by atoms with Crippen LogP contribution in [0, 0.1) is 0 Å². The minimum atomic E-state index is -4.34. The maximum Gasteiger partial charge on any atom is 0.413 e. The van der Waals surface area contributed by atoms with Gasteiger partial charge in [0, 0.05) is 13.1 Å². The number of hydroxylamine groups is 1. The molecule has 16 heavy (non-hydrogen) atoms. The third-order valence-electron chi connectivity index (χ3n) is 2.32. The predicted molar refractivity (Wildman–Crippen MR) is 51.7 cm³/mol. The Bertz CT molecular complexity index is 196. The first kappa shape index (κ1) is 13.7. The van der Waals surface area contributed by atoms with Gasteiger partial charge in [-0.25, -0.2) is 0 Å². The van der Waals surface area contributed by atoms with E-state index in [0.29, 0.717) is 6.54 Å². The number of aliphatic hydroxyl groups is 1. The number of hydrogen-bond donors (Lipinski definition) is 2. The van der Waals surface area contributed by atoms with Crippen LogP contribution < -0.4 is 5.48 Å². The van der Waals surface area contributed by atoms with Crippen LogP contribution in [0.15, 0.2) is 0 Å². The van der Waals surface area contributed by atoms with Crippen molar-refractivity contribution in [3.63, 3.8) is 0 Å². The summed E-state index contributed by atoms with van der Waals surface area (Å²) in [6.07, 6.45) is -2.81. The van der Waals surface area contributed by atoms with Crippen molar-refractivity contribution in [3.05, 3.63) is 0 Å². The predicted octanol–water partition coefficient (Wildman–Crippen LogP) is 0.527. The summed E-state index contributed by atoms with van der Waals surface area (Å²) in [6.45, 7) is 1.03. The van der Waals surface area contributed by atoms with E-state index in [2.05, 4.69) is 15.2 Å². The maximum absolute atomic E-state index is 11.7. The lowest BCUT2D eigenvalue weighted by molar-refractivity contribution is -0.191. The van der Waals surface area contributed by atoms with Crippen LogP contribution in [0.4, 0.5) is 13.2 Å². The molecule has 1 aliphatic rings. The Kier molecular flexibility index (Phi) is 5.47. The van der Waals surface area contributed by atoms with Gasteiger partial charge in [-0.1, -0.05) is 0 Å². The lowest BCUT2D eigenvalue weighted by atomic mass is 10.3. The first-order valence-corrected chi connectivity index (χ1v) is 5.29. The highest BCUT2D eigenvalue weighted by molar-refractivity contribution is 4.70. The first-order chi connectivity index (χ1) is 7.47. The summed E-state index contributed by atoms with van der Waals surface area (Å²) >= 11 is 0. The van der Waals surface area contributed by atoms with Crippen LogP contribution in [0.1, 0.15) is 12.8 Å². The van der Waals surface area contributed by atoms with Crippen molar-refractivity contribution in [1.29, 1.82) is 0 Å². The Morgan fingerprint density at radius 3 is 2.50 bits per heavy atom. The number of rotatable bonds is 6. The Hall–Kier alpha value is -0.370. The second-order valence-corrected chi connectivity index (χ2v) is 3.91. The summed E-state index contributed by atoms with van der Waals surface area (Å²) in [5, 5.41) is 9.47. The van der Waals surface area contributed by atoms with E-state index >= 15 is 0 Å². The quantitative estimate of drug-likeness (QED) is 0.526. The molecule has 0 saturated carbocycles. The molecular weight excluding hydrogens is 225 g/mol. The van der Waals surface area contributed by atoms with E-state index in [1.807, 2.05) is 0 Å². The minimum absolute atomic E-state index is 0.00653. The summed E-state index contributed by atoms with van der Waals surface area (Å²) in [7, 11) is 0. The van der Waals surface area contributed by atoms with Crippen LogP contribution in [0.25, 0.3) is 0 Å². The largest absolute Gasteiger partial charge is 0.413 e. The molecule has 1 saturated heterocycles. The molecule has 0 aromatic carbocycles. The lowest BCUT2D eigenvalue weighted by Crippen LogP contribution is -2.38. The van der Waals surface area contributed by atoms with Crippen LogP contribution in [0.5, 0.6) is 0 Å². The number of β-amino-alcohol motifs (C(OH)–C–C–N with tert-alkyl or cyclic N) is 1. The average Bonchev–Trinajstić information content (AvgIpc) is 2.63. The summed E-state index contributed by atoms with van der Waals surface area (Å²) in [4.78, 5) is 6.26. The molecule has 0 spiro atoms. The van der Waals surface area contributed by atoms with Gasteiger partial charge in [-0.3, -0.25) is 4.84 Å². The standard InChI is InChI=1S/C9H17F3N2O2/c10-9(11,12)7-16-13-5-8(15)6-14-3-1-2-4-14/h8,13,15H,1-7H2. The van der Waals surface area contributed by atoms with Crippen LogP contribution in [-0.2, 0) is 4.84 Å². The summed E-state index contributed by atoms with van der Waals surface area (Å²) < 4.78 is 35.0. The van der Waals surface area contributed by atoms with Crippen molar-refractivity contribution >= 4 is 0 Å². The Morgan fingerprint density at radius 1 is 1.31 bits per heavy atom. The number of nitrogens with one attached hydrogen (secondary N) is 1. The molecule has 0 radical (unpaired) electrons. The molecule has 0 aliphatic carbocycles. The summed E-state index contributed by atoms with van der Waals surface area (Å²) in [5.41, 5.74) is 2.12. The SMILES string of the molecule is OC(CNOCC(F)(F)F)CN1CCCC1. The zero-order valence-electron chi connectivity index (χ0n) is 8.96. The van der Waals surface area contributed by atoms with Crippen molar-refractivity contribution in [3.8, 4) is 0 Å². The average molecular weight is 242 g/mol. The molecule has 0 bridgehead atoms. The van der Waals surface area contributed by atoms with Crippen molar-refractivity contribution in [2.75, 3.05) is 32.8 Å². The van der Waals surface area contributed by atoms with Crippen molar-refractivity contribution in [2.45, 2.75) is 25.1 Å². The van der Waals surface area contributed by atoms with Crippen molar-refractivity contribution in [1.82, 2.24) is 10.4 Å². The first-order valence-electron chi connectivity index (χ1n) is 5.29. The molecule has 0 aromatic heterocycles. The van der Waals surface area contributed by atoms with E-state index in [4.69, 9.17) is 0 Å². The van der Waals surface area contributed by atoms with Gasteiger partial charge >= 0.3 is 6.18 Å². The molecule has 0 aromatic rings. The van der Waals surface area contributed by atoms with Gasteiger partial charge in [-0.15, -0.1) is 0 Å². The maximum atomic E-state index is 11.7. The second kappa shape index (κ2) is 6.39. The molecule has 1 unspecified atom stereocenters. The zero-order chi connectivity index (χ0) is 12.0. The topological polar surface area (TPSA) is 44.7 Å². The fourth-order valence-corrected chi connectivity index (χ4v) is 1.62. The van der Waals surface area contributed by atoms with Gasteiger partial charge in [0.2, 0.25) is 0 Å². The molecule has 1 aliphatic heterocycles. The van der Waals surface area contributed by atoms with E-state index in [-0.39, 0.29) is 6.54 Å². The number of alkyl halides is 3. The van der Waals surface area contributed by atoms with Crippen LogP contribution >= 0.6 is 0 Å². The van der Waals surface area contributed by atoms with Gasteiger partial charge in [0.25, 0.3) is 0 Å². The molecule has 4 nitrogen and oxygen atoms in total. The Balaban J connectivity index is 1.99. The van der Waals surface area contributed by atoms with Crippen molar-refractivity contribution < 1.29 is 23.1 Å². The van der Waals surface area contributed by atoms with Crippen LogP contribution in [0.2, 0.25) is 0 Å². The highest BCUT2D eigenvalue weighted by atomic mass is 19.4. The lowest BCUT2D eigenvalue weighted by Gasteiger charge is -2.19. The molecule has 96 valence electrons. The number of hydrogen-bond acceptors (Lipinski definition) is 4. The molecule has 0 amide bonds. The van der Waals surface area contributed by atoms with Crippen molar-refractivity contribution in [2.24, 2.45) is 0 Å². The molecule has 1 fully saturated rings. The fourth-order valence-electron chi connectivity index (χ4n) is 1.62. The smallest absolute Gasteiger partial charge is 0.390 e. The molecule has 1 heterocycles. The zero-order valence-corrected chi connectivity index (χ0v) is 8.96. The van der Waals surface area contributed by atoms with E-state index in [1.54, 1.807) is 0 Å². The third-order valence-corrected chi connectivity index (χ3v) is 2.32. The van der Waals surface area contributed by atoms with E-state index in [1.165, 1.54) is 0 Å². The third kappa shape index (κ3) is 6.26. The summed E-state index contributed by atoms with van der Waals surface area (Å²) in [6, 6.07) is 0. The monoisotopic (exact) mass is 242 g/mol. The highest BCUT2D eigenvalue weighted by Crippen LogP contribution is 2.13. The Morgan fingerprint density at radius 2 is 1.94 bits per heavy atom. The van der Waals surface area contributed by atoms with E-state index < -0.39 is 18.9 Å². The second-order valence-electron chi connectivity index (χ2n) is 3.91. The highest BCUT2D eigenvalue weighted by Gasteiger charge is 2.27. The van der Waals surface area contributed by atoms with Gasteiger partial charge in [0.05, 0.1) is 6.10 Å². The number of likely N-dealkylation sites (tertiary alicyclic amines) is 1.